The van der Waals surface area contributed by atoms with Crippen LogP contribution in [0, 0.1) is 0 Å². The molecule has 0 saturated carbocycles. The Morgan fingerprint density at radius 3 is 2.39 bits per heavy atom. The topological polar surface area (TPSA) is 30.9 Å². The first-order valence-corrected chi connectivity index (χ1v) is 7.10. The second-order valence-corrected chi connectivity index (χ2v) is 5.55. The third kappa shape index (κ3) is 5.65. The summed E-state index contributed by atoms with van der Waals surface area (Å²) in [5.74, 6) is 0. The van der Waals surface area contributed by atoms with Gasteiger partial charge in [-0.05, 0) is 34.6 Å². The molecule has 0 aromatic heterocycles. The summed E-state index contributed by atoms with van der Waals surface area (Å²) in [7, 11) is 0. The van der Waals surface area contributed by atoms with E-state index in [1.54, 1.807) is 0 Å². The van der Waals surface area contributed by atoms with Gasteiger partial charge in [-0.15, -0.1) is 0 Å². The molecule has 0 spiro atoms. The Morgan fingerprint density at radius 1 is 1.28 bits per heavy atom. The van der Waals surface area contributed by atoms with E-state index in [0.29, 0.717) is 19.3 Å². The zero-order chi connectivity index (χ0) is 13.6. The maximum atomic E-state index is 5.90. The second kappa shape index (κ2) is 7.43. The lowest BCUT2D eigenvalue weighted by atomic mass is 10.1. The van der Waals surface area contributed by atoms with E-state index in [1.165, 1.54) is 0 Å². The summed E-state index contributed by atoms with van der Waals surface area (Å²) in [5, 5.41) is 0. The average molecular weight is 259 g/mol. The maximum absolute atomic E-state index is 5.90. The van der Waals surface area contributed by atoms with Crippen LogP contribution in [-0.4, -0.2) is 55.7 Å². The third-order valence-corrected chi connectivity index (χ3v) is 3.03. The Bertz CT molecular complexity index is 227. The highest BCUT2D eigenvalue weighted by Crippen LogP contribution is 2.21. The minimum atomic E-state index is -0.0683. The van der Waals surface area contributed by atoms with Crippen molar-refractivity contribution in [3.63, 3.8) is 0 Å². The Balaban J connectivity index is 2.36. The molecule has 1 rings (SSSR count). The zero-order valence-electron chi connectivity index (χ0n) is 12.6. The first-order chi connectivity index (χ1) is 8.46. The highest BCUT2D eigenvalue weighted by atomic mass is 16.7. The summed E-state index contributed by atoms with van der Waals surface area (Å²) in [4.78, 5) is 2.44. The molecule has 0 aliphatic carbocycles. The van der Waals surface area contributed by atoms with Crippen molar-refractivity contribution >= 4 is 0 Å². The average Bonchev–Trinajstić information content (AvgIpc) is 2.24. The first kappa shape index (κ1) is 15.9. The van der Waals surface area contributed by atoms with E-state index in [-0.39, 0.29) is 11.9 Å². The van der Waals surface area contributed by atoms with Crippen molar-refractivity contribution in [2.24, 2.45) is 0 Å². The lowest BCUT2D eigenvalue weighted by Crippen LogP contribution is -2.52. The van der Waals surface area contributed by atoms with Crippen molar-refractivity contribution in [3.8, 4) is 0 Å². The molecule has 0 aromatic carbocycles. The van der Waals surface area contributed by atoms with Gasteiger partial charge >= 0.3 is 0 Å². The van der Waals surface area contributed by atoms with Crippen LogP contribution in [-0.2, 0) is 14.2 Å². The smallest absolute Gasteiger partial charge is 0.158 e. The van der Waals surface area contributed by atoms with Gasteiger partial charge in [0.05, 0.1) is 11.7 Å². The van der Waals surface area contributed by atoms with Crippen molar-refractivity contribution in [1.29, 1.82) is 0 Å². The molecule has 0 N–H and O–H groups in total. The Morgan fingerprint density at radius 2 is 1.89 bits per heavy atom. The third-order valence-electron chi connectivity index (χ3n) is 3.03. The summed E-state index contributed by atoms with van der Waals surface area (Å²) in [6.07, 6.45) is 1.15. The maximum Gasteiger partial charge on any atom is 0.158 e. The van der Waals surface area contributed by atoms with Gasteiger partial charge in [0.1, 0.15) is 0 Å². The van der Waals surface area contributed by atoms with Crippen LogP contribution in [0.5, 0.6) is 0 Å². The second-order valence-electron chi connectivity index (χ2n) is 5.55. The molecule has 18 heavy (non-hydrogen) atoms. The van der Waals surface area contributed by atoms with E-state index in [0.717, 1.165) is 26.1 Å². The molecule has 1 fully saturated rings. The lowest BCUT2D eigenvalue weighted by Gasteiger charge is -2.42. The fraction of sp³-hybridized carbons (Fsp3) is 1.00. The molecule has 1 unspecified atom stereocenters. The van der Waals surface area contributed by atoms with Gasteiger partial charge in [-0.2, -0.15) is 0 Å². The standard InChI is InChI=1S/C14H29NO3/c1-6-16-13(17-7-2)8-9-15-10-12(3)18-14(4,5)11-15/h12-13H,6-11H2,1-5H3. The summed E-state index contributed by atoms with van der Waals surface area (Å²) in [5.41, 5.74) is -0.0512. The zero-order valence-corrected chi connectivity index (χ0v) is 12.6. The normalized spacial score (nSPS) is 24.7. The van der Waals surface area contributed by atoms with Crippen LogP contribution < -0.4 is 0 Å². The van der Waals surface area contributed by atoms with Gasteiger partial charge < -0.3 is 14.2 Å². The SMILES string of the molecule is CCOC(CCN1CC(C)OC(C)(C)C1)OCC. The Kier molecular flexibility index (Phi) is 6.57. The van der Waals surface area contributed by atoms with Crippen LogP contribution in [0.15, 0.2) is 0 Å². The molecule has 4 nitrogen and oxygen atoms in total. The lowest BCUT2D eigenvalue weighted by molar-refractivity contribution is -0.155. The van der Waals surface area contributed by atoms with E-state index in [4.69, 9.17) is 14.2 Å². The predicted molar refractivity (Wildman–Crippen MR) is 72.7 cm³/mol. The largest absolute Gasteiger partial charge is 0.370 e. The molecule has 1 atom stereocenters. The molecule has 0 bridgehead atoms. The molecule has 1 heterocycles. The van der Waals surface area contributed by atoms with E-state index >= 15 is 0 Å². The monoisotopic (exact) mass is 259 g/mol. The van der Waals surface area contributed by atoms with Gasteiger partial charge in [-0.1, -0.05) is 0 Å². The van der Waals surface area contributed by atoms with Crippen molar-refractivity contribution in [2.75, 3.05) is 32.8 Å². The number of hydrogen-bond donors (Lipinski definition) is 0. The van der Waals surface area contributed by atoms with Crippen LogP contribution in [0.25, 0.3) is 0 Å². The number of nitrogens with zero attached hydrogens (tertiary/aromatic N) is 1. The van der Waals surface area contributed by atoms with Crippen LogP contribution in [0.2, 0.25) is 0 Å². The van der Waals surface area contributed by atoms with Crippen LogP contribution in [0.3, 0.4) is 0 Å². The van der Waals surface area contributed by atoms with Crippen molar-refractivity contribution < 1.29 is 14.2 Å². The van der Waals surface area contributed by atoms with Crippen molar-refractivity contribution in [3.05, 3.63) is 0 Å². The molecule has 0 amide bonds. The summed E-state index contributed by atoms with van der Waals surface area (Å²) in [6, 6.07) is 0. The first-order valence-electron chi connectivity index (χ1n) is 7.10. The van der Waals surface area contributed by atoms with E-state index in [9.17, 15) is 0 Å². The quantitative estimate of drug-likeness (QED) is 0.656. The van der Waals surface area contributed by atoms with Gasteiger partial charge in [0.15, 0.2) is 6.29 Å². The van der Waals surface area contributed by atoms with Gasteiger partial charge in [0.2, 0.25) is 0 Å². The minimum absolute atomic E-state index is 0.0512. The molecular weight excluding hydrogens is 230 g/mol. The number of rotatable bonds is 7. The molecule has 1 aliphatic rings. The highest BCUT2D eigenvalue weighted by Gasteiger charge is 2.31. The number of hydrogen-bond acceptors (Lipinski definition) is 4. The predicted octanol–water partition coefficient (Wildman–Crippen LogP) is 2.27. The summed E-state index contributed by atoms with van der Waals surface area (Å²) >= 11 is 0. The number of morpholine rings is 1. The number of ether oxygens (including phenoxy) is 3. The summed E-state index contributed by atoms with van der Waals surface area (Å²) in [6.45, 7) is 14.8. The van der Waals surface area contributed by atoms with Crippen LogP contribution in [0.4, 0.5) is 0 Å². The molecule has 1 aliphatic heterocycles. The highest BCUT2D eigenvalue weighted by molar-refractivity contribution is 4.82. The van der Waals surface area contributed by atoms with E-state index < -0.39 is 0 Å². The Hall–Kier alpha value is -0.160. The fourth-order valence-electron chi connectivity index (χ4n) is 2.63. The van der Waals surface area contributed by atoms with Gasteiger partial charge in [0, 0.05) is 39.3 Å². The molecule has 0 aromatic rings. The van der Waals surface area contributed by atoms with Crippen molar-refractivity contribution in [1.82, 2.24) is 4.90 Å². The molecule has 4 heteroatoms. The van der Waals surface area contributed by atoms with Gasteiger partial charge in [0.25, 0.3) is 0 Å². The molecule has 0 radical (unpaired) electrons. The Labute approximate surface area is 112 Å². The van der Waals surface area contributed by atoms with Gasteiger partial charge in [-0.3, -0.25) is 4.90 Å². The molecule has 1 saturated heterocycles. The van der Waals surface area contributed by atoms with Gasteiger partial charge in [-0.25, -0.2) is 0 Å². The van der Waals surface area contributed by atoms with Crippen LogP contribution >= 0.6 is 0 Å². The van der Waals surface area contributed by atoms with Crippen LogP contribution in [0.1, 0.15) is 41.0 Å². The molecular formula is C14H29NO3. The summed E-state index contributed by atoms with van der Waals surface area (Å²) < 4.78 is 17.0. The fourth-order valence-corrected chi connectivity index (χ4v) is 2.63. The van der Waals surface area contributed by atoms with Crippen molar-refractivity contribution in [2.45, 2.75) is 59.0 Å². The van der Waals surface area contributed by atoms with E-state index in [2.05, 4.69) is 25.7 Å². The minimum Gasteiger partial charge on any atom is -0.370 e. The van der Waals surface area contributed by atoms with E-state index in [1.807, 2.05) is 13.8 Å². The molecule has 108 valence electrons.